The van der Waals surface area contributed by atoms with E-state index in [4.69, 9.17) is 5.73 Å². The van der Waals surface area contributed by atoms with Gasteiger partial charge in [0.1, 0.15) is 10.7 Å². The van der Waals surface area contributed by atoms with E-state index in [-0.39, 0.29) is 17.7 Å². The first-order valence-electron chi connectivity index (χ1n) is 8.07. The molecule has 6 heteroatoms. The van der Waals surface area contributed by atoms with Gasteiger partial charge in [-0.1, -0.05) is 23.8 Å². The predicted octanol–water partition coefficient (Wildman–Crippen LogP) is 2.76. The van der Waals surface area contributed by atoms with Crippen LogP contribution in [0.5, 0.6) is 0 Å². The van der Waals surface area contributed by atoms with Crippen LogP contribution in [0.25, 0.3) is 10.6 Å². The van der Waals surface area contributed by atoms with E-state index >= 15 is 0 Å². The molecule has 1 aliphatic heterocycles. The summed E-state index contributed by atoms with van der Waals surface area (Å²) in [5.41, 5.74) is 9.24. The minimum Gasteiger partial charge on any atom is -0.369 e. The summed E-state index contributed by atoms with van der Waals surface area (Å²) in [5, 5.41) is 2.64. The minimum absolute atomic E-state index is 0.117. The van der Waals surface area contributed by atoms with Crippen LogP contribution in [0.15, 0.2) is 23.6 Å². The van der Waals surface area contributed by atoms with Crippen molar-refractivity contribution in [2.24, 2.45) is 11.7 Å². The molecular weight excluding hydrogens is 322 g/mol. The number of carbonyl (C=O) groups excluding carboxylic acids is 2. The SMILES string of the molecule is Cc1ccc(-c2nc(C(=O)N3CCCC(C(N)=O)C3)cs2)c(C)c1. The first kappa shape index (κ1) is 16.6. The van der Waals surface area contributed by atoms with Crippen molar-refractivity contribution in [2.45, 2.75) is 26.7 Å². The lowest BCUT2D eigenvalue weighted by Gasteiger charge is -2.30. The molecule has 0 bridgehead atoms. The number of nitrogens with two attached hydrogens (primary N) is 1. The van der Waals surface area contributed by atoms with Crippen LogP contribution in [-0.4, -0.2) is 34.8 Å². The van der Waals surface area contributed by atoms with Crippen LogP contribution in [0.2, 0.25) is 0 Å². The molecule has 1 fully saturated rings. The Bertz CT molecular complexity index is 784. The van der Waals surface area contributed by atoms with Crippen molar-refractivity contribution in [1.82, 2.24) is 9.88 Å². The Morgan fingerprint density at radius 3 is 2.83 bits per heavy atom. The molecule has 5 nitrogen and oxygen atoms in total. The highest BCUT2D eigenvalue weighted by Crippen LogP contribution is 2.28. The molecule has 2 aromatic rings. The number of hydrogen-bond acceptors (Lipinski definition) is 4. The van der Waals surface area contributed by atoms with Gasteiger partial charge in [-0.05, 0) is 32.3 Å². The summed E-state index contributed by atoms with van der Waals surface area (Å²) in [5.74, 6) is -0.699. The molecule has 0 saturated carbocycles. The summed E-state index contributed by atoms with van der Waals surface area (Å²) in [4.78, 5) is 30.3. The van der Waals surface area contributed by atoms with Crippen LogP contribution in [0.4, 0.5) is 0 Å². The third-order valence-electron chi connectivity index (χ3n) is 4.45. The van der Waals surface area contributed by atoms with Gasteiger partial charge in [0, 0.05) is 24.0 Å². The van der Waals surface area contributed by atoms with Crippen molar-refractivity contribution >= 4 is 23.2 Å². The number of aromatic nitrogens is 1. The molecule has 1 atom stereocenters. The minimum atomic E-state index is -0.332. The molecule has 2 heterocycles. The molecule has 1 aromatic carbocycles. The van der Waals surface area contributed by atoms with Crippen molar-refractivity contribution in [1.29, 1.82) is 0 Å². The van der Waals surface area contributed by atoms with Gasteiger partial charge in [0.05, 0.1) is 5.92 Å². The number of amides is 2. The second-order valence-corrected chi connectivity index (χ2v) is 7.21. The molecule has 126 valence electrons. The van der Waals surface area contributed by atoms with E-state index in [1.807, 2.05) is 19.1 Å². The molecule has 0 spiro atoms. The van der Waals surface area contributed by atoms with Crippen LogP contribution in [0.3, 0.4) is 0 Å². The molecule has 2 N–H and O–H groups in total. The zero-order chi connectivity index (χ0) is 17.3. The highest BCUT2D eigenvalue weighted by molar-refractivity contribution is 7.13. The third kappa shape index (κ3) is 3.33. The lowest BCUT2D eigenvalue weighted by Crippen LogP contribution is -2.44. The average molecular weight is 343 g/mol. The maximum absolute atomic E-state index is 12.7. The van der Waals surface area contributed by atoms with Gasteiger partial charge in [-0.15, -0.1) is 11.3 Å². The van der Waals surface area contributed by atoms with E-state index < -0.39 is 0 Å². The number of carbonyl (C=O) groups is 2. The summed E-state index contributed by atoms with van der Waals surface area (Å²) in [7, 11) is 0. The van der Waals surface area contributed by atoms with E-state index in [0.29, 0.717) is 18.8 Å². The van der Waals surface area contributed by atoms with E-state index in [1.54, 1.807) is 10.3 Å². The Hall–Kier alpha value is -2.21. The fourth-order valence-electron chi connectivity index (χ4n) is 3.11. The number of likely N-dealkylation sites (tertiary alicyclic amines) is 1. The number of benzene rings is 1. The fourth-order valence-corrected chi connectivity index (χ4v) is 3.99. The molecule has 0 radical (unpaired) electrons. The van der Waals surface area contributed by atoms with Crippen LogP contribution in [0, 0.1) is 19.8 Å². The maximum Gasteiger partial charge on any atom is 0.273 e. The van der Waals surface area contributed by atoms with Gasteiger partial charge in [-0.25, -0.2) is 4.98 Å². The molecule has 1 saturated heterocycles. The Labute approximate surface area is 145 Å². The number of piperidine rings is 1. The molecule has 1 unspecified atom stereocenters. The van der Waals surface area contributed by atoms with Gasteiger partial charge in [-0.2, -0.15) is 0 Å². The normalized spacial score (nSPS) is 17.8. The Morgan fingerprint density at radius 2 is 2.12 bits per heavy atom. The predicted molar refractivity (Wildman–Crippen MR) is 94.8 cm³/mol. The Balaban J connectivity index is 1.80. The molecule has 2 amide bonds. The van der Waals surface area contributed by atoms with Crippen molar-refractivity contribution in [2.75, 3.05) is 13.1 Å². The van der Waals surface area contributed by atoms with Crippen LogP contribution >= 0.6 is 11.3 Å². The molecule has 1 aliphatic rings. The van der Waals surface area contributed by atoms with E-state index in [0.717, 1.165) is 29.0 Å². The molecule has 0 aliphatic carbocycles. The van der Waals surface area contributed by atoms with Gasteiger partial charge in [0.25, 0.3) is 5.91 Å². The van der Waals surface area contributed by atoms with Crippen molar-refractivity contribution < 1.29 is 9.59 Å². The molecule has 1 aromatic heterocycles. The summed E-state index contributed by atoms with van der Waals surface area (Å²) in [6, 6.07) is 6.20. The quantitative estimate of drug-likeness (QED) is 0.931. The van der Waals surface area contributed by atoms with Gasteiger partial charge < -0.3 is 10.6 Å². The summed E-state index contributed by atoms with van der Waals surface area (Å²) < 4.78 is 0. The zero-order valence-corrected chi connectivity index (χ0v) is 14.7. The number of hydrogen-bond donors (Lipinski definition) is 1. The third-order valence-corrected chi connectivity index (χ3v) is 5.32. The number of primary amides is 1. The Kier molecular flexibility index (Phi) is 4.66. The van der Waals surface area contributed by atoms with Gasteiger partial charge in [-0.3, -0.25) is 9.59 Å². The largest absolute Gasteiger partial charge is 0.369 e. The lowest BCUT2D eigenvalue weighted by molar-refractivity contribution is -0.123. The van der Waals surface area contributed by atoms with Gasteiger partial charge >= 0.3 is 0 Å². The maximum atomic E-state index is 12.7. The monoisotopic (exact) mass is 343 g/mol. The molecular formula is C18H21N3O2S. The zero-order valence-electron chi connectivity index (χ0n) is 13.9. The lowest BCUT2D eigenvalue weighted by atomic mass is 9.97. The van der Waals surface area contributed by atoms with Gasteiger partial charge in [0.15, 0.2) is 0 Å². The number of rotatable bonds is 3. The molecule has 24 heavy (non-hydrogen) atoms. The topological polar surface area (TPSA) is 76.3 Å². The summed E-state index contributed by atoms with van der Waals surface area (Å²) in [6.07, 6.45) is 1.55. The number of thiazole rings is 1. The van der Waals surface area contributed by atoms with Crippen LogP contribution < -0.4 is 5.73 Å². The van der Waals surface area contributed by atoms with E-state index in [2.05, 4.69) is 18.0 Å². The van der Waals surface area contributed by atoms with Gasteiger partial charge in [0.2, 0.25) is 5.91 Å². The first-order chi connectivity index (χ1) is 11.5. The summed E-state index contributed by atoms with van der Waals surface area (Å²) >= 11 is 1.47. The first-order valence-corrected chi connectivity index (χ1v) is 8.95. The molecule has 3 rings (SSSR count). The second-order valence-electron chi connectivity index (χ2n) is 6.35. The van der Waals surface area contributed by atoms with Crippen molar-refractivity contribution in [3.05, 3.63) is 40.4 Å². The van der Waals surface area contributed by atoms with Crippen molar-refractivity contribution in [3.8, 4) is 10.6 Å². The standard InChI is InChI=1S/C18H21N3O2S/c1-11-5-6-14(12(2)8-11)17-20-15(10-24-17)18(23)21-7-3-4-13(9-21)16(19)22/h5-6,8,10,13H,3-4,7,9H2,1-2H3,(H2,19,22). The smallest absolute Gasteiger partial charge is 0.273 e. The Morgan fingerprint density at radius 1 is 1.33 bits per heavy atom. The summed E-state index contributed by atoms with van der Waals surface area (Å²) in [6.45, 7) is 5.15. The van der Waals surface area contributed by atoms with Crippen molar-refractivity contribution in [3.63, 3.8) is 0 Å². The average Bonchev–Trinajstić information content (AvgIpc) is 3.04. The van der Waals surface area contributed by atoms with Crippen LogP contribution in [0.1, 0.15) is 34.5 Å². The number of nitrogens with zero attached hydrogens (tertiary/aromatic N) is 2. The van der Waals surface area contributed by atoms with Crippen LogP contribution in [-0.2, 0) is 4.79 Å². The number of aryl methyl sites for hydroxylation is 2. The fraction of sp³-hybridized carbons (Fsp3) is 0.389. The second kappa shape index (κ2) is 6.73. The van der Waals surface area contributed by atoms with E-state index in [9.17, 15) is 9.59 Å². The van der Waals surface area contributed by atoms with E-state index in [1.165, 1.54) is 16.9 Å². The highest BCUT2D eigenvalue weighted by Gasteiger charge is 2.28. The highest BCUT2D eigenvalue weighted by atomic mass is 32.1.